The molecule has 1 aromatic heterocycles. The van der Waals surface area contributed by atoms with Gasteiger partial charge in [0.05, 0.1) is 12.3 Å². The highest BCUT2D eigenvalue weighted by Crippen LogP contribution is 2.28. The Morgan fingerprint density at radius 2 is 2.10 bits per heavy atom. The lowest BCUT2D eigenvalue weighted by Gasteiger charge is -2.11. The molecule has 0 saturated heterocycles. The first-order chi connectivity index (χ1) is 9.49. The maximum Gasteiger partial charge on any atom is 0.339 e. The van der Waals surface area contributed by atoms with Gasteiger partial charge in [0.2, 0.25) is 0 Å². The lowest BCUT2D eigenvalue weighted by Crippen LogP contribution is -2.06. The van der Waals surface area contributed by atoms with Crippen LogP contribution in [0.5, 0.6) is 5.75 Å². The van der Waals surface area contributed by atoms with Gasteiger partial charge in [-0.3, -0.25) is 4.98 Å². The molecule has 0 bridgehead atoms. The van der Waals surface area contributed by atoms with Gasteiger partial charge in [0.1, 0.15) is 17.1 Å². The van der Waals surface area contributed by atoms with E-state index in [2.05, 4.69) is 4.98 Å². The second-order valence-corrected chi connectivity index (χ2v) is 4.54. The number of benzene rings is 1. The molecule has 20 heavy (non-hydrogen) atoms. The molecular formula is C15H14FNO3. The third-order valence-electron chi connectivity index (χ3n) is 2.62. The van der Waals surface area contributed by atoms with E-state index in [0.717, 1.165) is 6.07 Å². The lowest BCUT2D eigenvalue weighted by atomic mass is 10.0. The van der Waals surface area contributed by atoms with Crippen LogP contribution in [0.15, 0.2) is 36.7 Å². The third kappa shape index (κ3) is 2.93. The number of rotatable bonds is 4. The molecule has 0 aliphatic rings. The largest absolute Gasteiger partial charge is 0.489 e. The summed E-state index contributed by atoms with van der Waals surface area (Å²) in [6.07, 6.45) is 2.98. The molecule has 5 heteroatoms. The number of nitrogens with zero attached hydrogens (tertiary/aromatic N) is 1. The summed E-state index contributed by atoms with van der Waals surface area (Å²) in [7, 11) is 0. The van der Waals surface area contributed by atoms with Crippen LogP contribution in [-0.2, 0) is 0 Å². The van der Waals surface area contributed by atoms with Gasteiger partial charge < -0.3 is 9.84 Å². The second-order valence-electron chi connectivity index (χ2n) is 4.54. The number of carboxylic acid groups (broad SMARTS) is 1. The minimum atomic E-state index is -1.31. The molecule has 2 aromatic rings. The van der Waals surface area contributed by atoms with E-state index in [1.165, 1.54) is 18.5 Å². The smallest absolute Gasteiger partial charge is 0.339 e. The number of aromatic nitrogens is 1. The molecule has 0 spiro atoms. The van der Waals surface area contributed by atoms with Crippen molar-refractivity contribution in [3.05, 3.63) is 48.0 Å². The molecule has 4 nitrogen and oxygen atoms in total. The van der Waals surface area contributed by atoms with E-state index in [9.17, 15) is 9.18 Å². The highest BCUT2D eigenvalue weighted by Gasteiger charge is 2.17. The topological polar surface area (TPSA) is 59.4 Å². The first kappa shape index (κ1) is 14.0. The molecule has 0 atom stereocenters. The van der Waals surface area contributed by atoms with Crippen molar-refractivity contribution >= 4 is 5.97 Å². The third-order valence-corrected chi connectivity index (χ3v) is 2.62. The van der Waals surface area contributed by atoms with Gasteiger partial charge in [-0.25, -0.2) is 9.18 Å². The number of ether oxygens (including phenoxy) is 1. The summed E-state index contributed by atoms with van der Waals surface area (Å²) in [5.41, 5.74) is 0.412. The molecule has 0 aliphatic heterocycles. The monoisotopic (exact) mass is 275 g/mol. The molecular weight excluding hydrogens is 261 g/mol. The summed E-state index contributed by atoms with van der Waals surface area (Å²) < 4.78 is 19.2. The summed E-state index contributed by atoms with van der Waals surface area (Å²) in [6.45, 7) is 3.75. The maximum absolute atomic E-state index is 13.7. The van der Waals surface area contributed by atoms with Crippen LogP contribution < -0.4 is 4.74 Å². The Balaban J connectivity index is 2.52. The first-order valence-corrected chi connectivity index (χ1v) is 6.13. The van der Waals surface area contributed by atoms with E-state index in [4.69, 9.17) is 9.84 Å². The summed E-state index contributed by atoms with van der Waals surface area (Å²) in [4.78, 5) is 15.2. The number of aromatic carboxylic acids is 1. The SMILES string of the molecule is CC(C)Oc1cncc(-c2cccc(F)c2C(=O)O)c1. The minimum Gasteiger partial charge on any atom is -0.489 e. The molecule has 1 heterocycles. The Morgan fingerprint density at radius 3 is 2.75 bits per heavy atom. The second kappa shape index (κ2) is 5.69. The zero-order valence-electron chi connectivity index (χ0n) is 11.1. The standard InChI is InChI=1S/C15H14FNO3/c1-9(2)20-11-6-10(7-17-8-11)12-4-3-5-13(16)14(12)15(18)19/h3-9H,1-2H3,(H,18,19). The fraction of sp³-hybridized carbons (Fsp3) is 0.200. The van der Waals surface area contributed by atoms with Crippen molar-refractivity contribution in [2.45, 2.75) is 20.0 Å². The van der Waals surface area contributed by atoms with Gasteiger partial charge in [-0.05, 0) is 26.0 Å². The molecule has 1 N–H and O–H groups in total. The van der Waals surface area contributed by atoms with Crippen LogP contribution in [0.1, 0.15) is 24.2 Å². The molecule has 0 fully saturated rings. The predicted octanol–water partition coefficient (Wildman–Crippen LogP) is 3.37. The summed E-state index contributed by atoms with van der Waals surface area (Å²) in [5.74, 6) is -1.57. The van der Waals surface area contributed by atoms with Crippen LogP contribution >= 0.6 is 0 Å². The van der Waals surface area contributed by atoms with E-state index in [-0.39, 0.29) is 17.2 Å². The van der Waals surface area contributed by atoms with Crippen molar-refractivity contribution in [3.8, 4) is 16.9 Å². The Kier molecular flexibility index (Phi) is 3.98. The minimum absolute atomic E-state index is 0.0292. The molecule has 2 rings (SSSR count). The van der Waals surface area contributed by atoms with Gasteiger partial charge in [0.15, 0.2) is 0 Å². The van der Waals surface area contributed by atoms with Crippen molar-refractivity contribution in [1.82, 2.24) is 4.98 Å². The molecule has 0 saturated carbocycles. The van der Waals surface area contributed by atoms with Gasteiger partial charge in [0, 0.05) is 17.3 Å². The number of pyridine rings is 1. The fourth-order valence-corrected chi connectivity index (χ4v) is 1.88. The van der Waals surface area contributed by atoms with Gasteiger partial charge in [-0.15, -0.1) is 0 Å². The molecule has 0 aliphatic carbocycles. The Labute approximate surface area is 115 Å². The number of hydrogen-bond donors (Lipinski definition) is 1. The van der Waals surface area contributed by atoms with E-state index in [0.29, 0.717) is 11.3 Å². The van der Waals surface area contributed by atoms with Crippen LogP contribution in [0.4, 0.5) is 4.39 Å². The molecule has 0 radical (unpaired) electrons. The average molecular weight is 275 g/mol. The van der Waals surface area contributed by atoms with Crippen molar-refractivity contribution in [1.29, 1.82) is 0 Å². The highest BCUT2D eigenvalue weighted by molar-refractivity contribution is 5.96. The first-order valence-electron chi connectivity index (χ1n) is 6.13. The lowest BCUT2D eigenvalue weighted by molar-refractivity contribution is 0.0693. The van der Waals surface area contributed by atoms with E-state index in [1.54, 1.807) is 12.1 Å². The van der Waals surface area contributed by atoms with E-state index < -0.39 is 11.8 Å². The normalized spacial score (nSPS) is 10.6. The predicted molar refractivity (Wildman–Crippen MR) is 72.4 cm³/mol. The van der Waals surface area contributed by atoms with Crippen LogP contribution in [0.2, 0.25) is 0 Å². The zero-order chi connectivity index (χ0) is 14.7. The van der Waals surface area contributed by atoms with Gasteiger partial charge in [0.25, 0.3) is 0 Å². The Morgan fingerprint density at radius 1 is 1.35 bits per heavy atom. The van der Waals surface area contributed by atoms with Crippen molar-refractivity contribution in [3.63, 3.8) is 0 Å². The molecule has 104 valence electrons. The van der Waals surface area contributed by atoms with Crippen molar-refractivity contribution < 1.29 is 19.0 Å². The Hall–Kier alpha value is -2.43. The summed E-state index contributed by atoms with van der Waals surface area (Å²) in [6, 6.07) is 5.78. The average Bonchev–Trinajstić information content (AvgIpc) is 2.37. The van der Waals surface area contributed by atoms with Crippen LogP contribution in [0.3, 0.4) is 0 Å². The van der Waals surface area contributed by atoms with Crippen molar-refractivity contribution in [2.75, 3.05) is 0 Å². The number of hydrogen-bond acceptors (Lipinski definition) is 3. The Bertz CT molecular complexity index is 641. The van der Waals surface area contributed by atoms with Gasteiger partial charge in [-0.1, -0.05) is 12.1 Å². The van der Waals surface area contributed by atoms with Crippen LogP contribution in [0, 0.1) is 5.82 Å². The van der Waals surface area contributed by atoms with Gasteiger partial charge >= 0.3 is 5.97 Å². The van der Waals surface area contributed by atoms with Gasteiger partial charge in [-0.2, -0.15) is 0 Å². The summed E-state index contributed by atoms with van der Waals surface area (Å²) >= 11 is 0. The maximum atomic E-state index is 13.7. The zero-order valence-corrected chi connectivity index (χ0v) is 11.1. The quantitative estimate of drug-likeness (QED) is 0.929. The van der Waals surface area contributed by atoms with E-state index in [1.807, 2.05) is 13.8 Å². The van der Waals surface area contributed by atoms with Crippen LogP contribution in [-0.4, -0.2) is 22.2 Å². The van der Waals surface area contributed by atoms with Crippen molar-refractivity contribution in [2.24, 2.45) is 0 Å². The fourth-order valence-electron chi connectivity index (χ4n) is 1.88. The highest BCUT2D eigenvalue weighted by atomic mass is 19.1. The van der Waals surface area contributed by atoms with Crippen LogP contribution in [0.25, 0.3) is 11.1 Å². The van der Waals surface area contributed by atoms with E-state index >= 15 is 0 Å². The number of carboxylic acids is 1. The molecule has 0 unspecified atom stereocenters. The number of halogens is 1. The molecule has 0 amide bonds. The molecule has 1 aromatic carbocycles. The summed E-state index contributed by atoms with van der Waals surface area (Å²) in [5, 5.41) is 9.13. The number of carbonyl (C=O) groups is 1.